The van der Waals surface area contributed by atoms with Crippen molar-refractivity contribution in [1.82, 2.24) is 0 Å². The highest BCUT2D eigenvalue weighted by Gasteiger charge is 2.12. The van der Waals surface area contributed by atoms with Crippen molar-refractivity contribution in [3.05, 3.63) is 40.9 Å². The minimum atomic E-state index is -0.802. The quantitative estimate of drug-likeness (QED) is 0.904. The Hall–Kier alpha value is -1.59. The van der Waals surface area contributed by atoms with Crippen molar-refractivity contribution in [2.24, 2.45) is 11.5 Å². The molecule has 2 rings (SSSR count). The smallest absolute Gasteiger partial charge is 0.237 e. The maximum absolute atomic E-state index is 10.8. The molecule has 0 aliphatic carbocycles. The minimum absolute atomic E-state index is 0.0618. The first-order valence-corrected chi connectivity index (χ1v) is 6.24. The van der Waals surface area contributed by atoms with Crippen LogP contribution in [0.25, 0.3) is 10.8 Å². The number of benzene rings is 2. The molecule has 0 spiro atoms. The Kier molecular flexibility index (Phi) is 3.84. The van der Waals surface area contributed by atoms with Crippen molar-refractivity contribution >= 4 is 32.6 Å². The molecule has 0 aliphatic rings. The molecule has 94 valence electrons. The molecule has 0 aliphatic heterocycles. The van der Waals surface area contributed by atoms with Gasteiger partial charge in [-0.1, -0.05) is 30.3 Å². The summed E-state index contributed by atoms with van der Waals surface area (Å²) in [6, 6.07) is 10.9. The lowest BCUT2D eigenvalue weighted by Gasteiger charge is -2.12. The molecule has 2 aromatic carbocycles. The third-order valence-corrected chi connectivity index (χ3v) is 3.43. The van der Waals surface area contributed by atoms with E-state index in [1.807, 2.05) is 36.4 Å². The number of carbonyl (C=O) groups is 1. The average molecular weight is 309 g/mol. The number of nitrogens with two attached hydrogens (primary N) is 2. The van der Waals surface area contributed by atoms with Crippen LogP contribution in [0.2, 0.25) is 0 Å². The standard InChI is InChI=1S/C13H13BrN2O2/c14-12-9-4-2-1-3-8(9)5-6-11(12)18-7-10(15)13(16)17/h1-6,10H,7,15H2,(H2,16,17). The van der Waals surface area contributed by atoms with Crippen LogP contribution >= 0.6 is 15.9 Å². The minimum Gasteiger partial charge on any atom is -0.490 e. The van der Waals surface area contributed by atoms with Crippen molar-refractivity contribution < 1.29 is 9.53 Å². The van der Waals surface area contributed by atoms with Crippen LogP contribution in [0.5, 0.6) is 5.75 Å². The molecule has 0 aromatic heterocycles. The number of carbonyl (C=O) groups excluding carboxylic acids is 1. The van der Waals surface area contributed by atoms with E-state index in [1.54, 1.807) is 0 Å². The number of primary amides is 1. The summed E-state index contributed by atoms with van der Waals surface area (Å²) in [5.41, 5.74) is 10.6. The number of fused-ring (bicyclic) bond motifs is 1. The van der Waals surface area contributed by atoms with Crippen molar-refractivity contribution in [2.75, 3.05) is 6.61 Å². The molecule has 18 heavy (non-hydrogen) atoms. The van der Waals surface area contributed by atoms with Crippen molar-refractivity contribution in [2.45, 2.75) is 6.04 Å². The molecule has 0 saturated carbocycles. The lowest BCUT2D eigenvalue weighted by molar-refractivity contribution is -0.119. The number of amides is 1. The molecule has 2 aromatic rings. The van der Waals surface area contributed by atoms with Gasteiger partial charge in [0.05, 0.1) is 4.47 Å². The van der Waals surface area contributed by atoms with Gasteiger partial charge in [0, 0.05) is 0 Å². The molecule has 4 N–H and O–H groups in total. The molecule has 0 heterocycles. The molecular formula is C13H13BrN2O2. The average Bonchev–Trinajstić information content (AvgIpc) is 2.38. The van der Waals surface area contributed by atoms with E-state index in [0.29, 0.717) is 5.75 Å². The summed E-state index contributed by atoms with van der Waals surface area (Å²) in [6.07, 6.45) is 0. The van der Waals surface area contributed by atoms with Crippen LogP contribution in [0.15, 0.2) is 40.9 Å². The molecule has 5 heteroatoms. The molecule has 4 nitrogen and oxygen atoms in total. The second kappa shape index (κ2) is 5.37. The number of hydrogen-bond donors (Lipinski definition) is 2. The van der Waals surface area contributed by atoms with Gasteiger partial charge in [0.1, 0.15) is 18.4 Å². The van der Waals surface area contributed by atoms with E-state index < -0.39 is 11.9 Å². The van der Waals surface area contributed by atoms with E-state index in [0.717, 1.165) is 15.2 Å². The van der Waals surface area contributed by atoms with E-state index >= 15 is 0 Å². The predicted octanol–water partition coefficient (Wildman–Crippen LogP) is 1.79. The van der Waals surface area contributed by atoms with Gasteiger partial charge in [0.25, 0.3) is 0 Å². The maximum atomic E-state index is 10.8. The number of ether oxygens (including phenoxy) is 1. The molecule has 1 unspecified atom stereocenters. The van der Waals surface area contributed by atoms with E-state index in [4.69, 9.17) is 16.2 Å². The highest BCUT2D eigenvalue weighted by Crippen LogP contribution is 2.32. The first-order valence-electron chi connectivity index (χ1n) is 5.44. The number of hydrogen-bond acceptors (Lipinski definition) is 3. The van der Waals surface area contributed by atoms with Crippen LogP contribution in [0, 0.1) is 0 Å². The van der Waals surface area contributed by atoms with Crippen LogP contribution < -0.4 is 16.2 Å². The van der Waals surface area contributed by atoms with Gasteiger partial charge < -0.3 is 16.2 Å². The highest BCUT2D eigenvalue weighted by atomic mass is 79.9. The molecule has 1 amide bonds. The molecule has 0 radical (unpaired) electrons. The van der Waals surface area contributed by atoms with Crippen LogP contribution in [0.1, 0.15) is 0 Å². The highest BCUT2D eigenvalue weighted by molar-refractivity contribution is 9.10. The lowest BCUT2D eigenvalue weighted by Crippen LogP contribution is -2.41. The largest absolute Gasteiger partial charge is 0.490 e. The summed E-state index contributed by atoms with van der Waals surface area (Å²) < 4.78 is 6.34. The fourth-order valence-corrected chi connectivity index (χ4v) is 2.19. The van der Waals surface area contributed by atoms with Crippen molar-refractivity contribution in [1.29, 1.82) is 0 Å². The predicted molar refractivity (Wildman–Crippen MR) is 74.3 cm³/mol. The van der Waals surface area contributed by atoms with Gasteiger partial charge in [0.15, 0.2) is 0 Å². The Balaban J connectivity index is 2.24. The number of rotatable bonds is 4. The molecule has 0 saturated heterocycles. The molecule has 1 atom stereocenters. The monoisotopic (exact) mass is 308 g/mol. The topological polar surface area (TPSA) is 78.3 Å². The van der Waals surface area contributed by atoms with Gasteiger partial charge in [-0.25, -0.2) is 0 Å². The summed E-state index contributed by atoms with van der Waals surface area (Å²) in [7, 11) is 0. The Morgan fingerprint density at radius 1 is 1.28 bits per heavy atom. The summed E-state index contributed by atoms with van der Waals surface area (Å²) in [5, 5.41) is 2.15. The van der Waals surface area contributed by atoms with Gasteiger partial charge in [-0.3, -0.25) is 4.79 Å². The third-order valence-electron chi connectivity index (χ3n) is 2.61. The second-order valence-corrected chi connectivity index (χ2v) is 4.71. The first-order chi connectivity index (χ1) is 8.59. The van der Waals surface area contributed by atoms with Gasteiger partial charge >= 0.3 is 0 Å². The Bertz CT molecular complexity index is 586. The van der Waals surface area contributed by atoms with E-state index in [-0.39, 0.29) is 6.61 Å². The molecule has 0 fully saturated rings. The molecular weight excluding hydrogens is 296 g/mol. The van der Waals surface area contributed by atoms with Crippen molar-refractivity contribution in [3.63, 3.8) is 0 Å². The van der Waals surface area contributed by atoms with Gasteiger partial charge in [-0.2, -0.15) is 0 Å². The maximum Gasteiger partial charge on any atom is 0.237 e. The normalized spacial score (nSPS) is 12.3. The van der Waals surface area contributed by atoms with Crippen molar-refractivity contribution in [3.8, 4) is 5.75 Å². The third kappa shape index (κ3) is 2.63. The van der Waals surface area contributed by atoms with Crippen LogP contribution in [0.3, 0.4) is 0 Å². The Morgan fingerprint density at radius 2 is 2.00 bits per heavy atom. The zero-order valence-corrected chi connectivity index (χ0v) is 11.2. The Labute approximate surface area is 113 Å². The zero-order valence-electron chi connectivity index (χ0n) is 9.60. The van der Waals surface area contributed by atoms with Crippen LogP contribution in [-0.4, -0.2) is 18.6 Å². The van der Waals surface area contributed by atoms with Gasteiger partial charge in [-0.15, -0.1) is 0 Å². The summed E-state index contributed by atoms with van der Waals surface area (Å²) >= 11 is 3.49. The van der Waals surface area contributed by atoms with E-state index in [9.17, 15) is 4.79 Å². The Morgan fingerprint density at radius 3 is 2.72 bits per heavy atom. The van der Waals surface area contributed by atoms with E-state index in [1.165, 1.54) is 0 Å². The van der Waals surface area contributed by atoms with Gasteiger partial charge in [-0.05, 0) is 32.8 Å². The summed E-state index contributed by atoms with van der Waals surface area (Å²) in [6.45, 7) is 0.0618. The summed E-state index contributed by atoms with van der Waals surface area (Å²) in [5.74, 6) is 0.0670. The lowest BCUT2D eigenvalue weighted by atomic mass is 10.1. The van der Waals surface area contributed by atoms with Gasteiger partial charge in [0.2, 0.25) is 5.91 Å². The zero-order chi connectivity index (χ0) is 13.1. The fraction of sp³-hybridized carbons (Fsp3) is 0.154. The summed E-state index contributed by atoms with van der Waals surface area (Å²) in [4.78, 5) is 10.8. The SMILES string of the molecule is NC(=O)C(N)COc1ccc2ccccc2c1Br. The van der Waals surface area contributed by atoms with Crippen LogP contribution in [-0.2, 0) is 4.79 Å². The second-order valence-electron chi connectivity index (χ2n) is 3.92. The first kappa shape index (κ1) is 12.9. The fourth-order valence-electron chi connectivity index (χ4n) is 1.59. The molecule has 0 bridgehead atoms. The number of halogens is 1. The van der Waals surface area contributed by atoms with E-state index in [2.05, 4.69) is 15.9 Å². The van der Waals surface area contributed by atoms with Crippen LogP contribution in [0.4, 0.5) is 0 Å².